The Hall–Kier alpha value is -1.88. The van der Waals surface area contributed by atoms with E-state index in [9.17, 15) is 0 Å². The predicted molar refractivity (Wildman–Crippen MR) is 71.6 cm³/mol. The molecule has 0 saturated carbocycles. The molecule has 1 unspecified atom stereocenters. The van der Waals surface area contributed by atoms with Crippen LogP contribution in [0.2, 0.25) is 0 Å². The molecule has 2 N–H and O–H groups in total. The van der Waals surface area contributed by atoms with Crippen LogP contribution in [-0.4, -0.2) is 35.8 Å². The Kier molecular flexibility index (Phi) is 2.76. The van der Waals surface area contributed by atoms with Crippen LogP contribution in [0.5, 0.6) is 0 Å². The maximum Gasteiger partial charge on any atom is 0.140 e. The van der Waals surface area contributed by atoms with Gasteiger partial charge in [0, 0.05) is 24.2 Å². The summed E-state index contributed by atoms with van der Waals surface area (Å²) < 4.78 is 5.56. The van der Waals surface area contributed by atoms with Crippen LogP contribution in [0.3, 0.4) is 0 Å². The van der Waals surface area contributed by atoms with Crippen molar-refractivity contribution >= 4 is 22.4 Å². The molecule has 1 fully saturated rings. The Balaban J connectivity index is 2.07. The first-order chi connectivity index (χ1) is 8.74. The molecule has 3 rings (SSSR count). The van der Waals surface area contributed by atoms with E-state index in [4.69, 9.17) is 10.5 Å². The van der Waals surface area contributed by atoms with Gasteiger partial charge >= 0.3 is 0 Å². The predicted octanol–water partition coefficient (Wildman–Crippen LogP) is 1.44. The maximum absolute atomic E-state index is 5.85. The summed E-state index contributed by atoms with van der Waals surface area (Å²) in [6.45, 7) is 4.51. The number of nitrogens with zero attached hydrogens (tertiary/aromatic N) is 3. The number of nitrogen functional groups attached to an aromatic ring is 1. The van der Waals surface area contributed by atoms with Gasteiger partial charge in [-0.3, -0.25) is 0 Å². The molecule has 1 aliphatic heterocycles. The monoisotopic (exact) mass is 244 g/mol. The van der Waals surface area contributed by atoms with Crippen molar-refractivity contribution in [3.05, 3.63) is 24.5 Å². The molecule has 1 atom stereocenters. The van der Waals surface area contributed by atoms with E-state index >= 15 is 0 Å². The Morgan fingerprint density at radius 1 is 1.39 bits per heavy atom. The number of aromatic nitrogens is 2. The standard InChI is InChI=1S/C13H16N4O/c1-9-7-17(4-5-18-9)13-11-6-10(14)2-3-12(11)15-8-16-13/h2-3,6,8-9H,4-5,7,14H2,1H3. The molecule has 94 valence electrons. The fraction of sp³-hybridized carbons (Fsp3) is 0.385. The molecule has 0 amide bonds. The van der Waals surface area contributed by atoms with Gasteiger partial charge in [0.2, 0.25) is 0 Å². The van der Waals surface area contributed by atoms with Gasteiger partial charge in [0.15, 0.2) is 0 Å². The third-order valence-electron chi connectivity index (χ3n) is 3.18. The minimum Gasteiger partial charge on any atom is -0.399 e. The molecular formula is C13H16N4O. The van der Waals surface area contributed by atoms with E-state index in [-0.39, 0.29) is 6.10 Å². The highest BCUT2D eigenvalue weighted by Crippen LogP contribution is 2.26. The van der Waals surface area contributed by atoms with Gasteiger partial charge in [0.1, 0.15) is 12.1 Å². The molecule has 0 bridgehead atoms. The second-order valence-corrected chi connectivity index (χ2v) is 4.60. The topological polar surface area (TPSA) is 64.3 Å². The lowest BCUT2D eigenvalue weighted by Gasteiger charge is -2.32. The van der Waals surface area contributed by atoms with Crippen LogP contribution in [-0.2, 0) is 4.74 Å². The highest BCUT2D eigenvalue weighted by molar-refractivity contribution is 5.91. The number of rotatable bonds is 1. The number of nitrogens with two attached hydrogens (primary N) is 1. The van der Waals surface area contributed by atoms with Gasteiger partial charge in [-0.15, -0.1) is 0 Å². The average Bonchev–Trinajstić information content (AvgIpc) is 2.38. The lowest BCUT2D eigenvalue weighted by Crippen LogP contribution is -2.41. The Morgan fingerprint density at radius 2 is 2.28 bits per heavy atom. The van der Waals surface area contributed by atoms with Crippen molar-refractivity contribution < 1.29 is 4.74 Å². The van der Waals surface area contributed by atoms with Crippen LogP contribution in [0.4, 0.5) is 11.5 Å². The van der Waals surface area contributed by atoms with Gasteiger partial charge in [-0.1, -0.05) is 0 Å². The minimum atomic E-state index is 0.227. The normalized spacial score (nSPS) is 20.3. The Labute approximate surface area is 106 Å². The molecule has 0 aliphatic carbocycles. The van der Waals surface area contributed by atoms with E-state index in [1.807, 2.05) is 18.2 Å². The van der Waals surface area contributed by atoms with E-state index < -0.39 is 0 Å². The summed E-state index contributed by atoms with van der Waals surface area (Å²) in [6.07, 6.45) is 1.83. The summed E-state index contributed by atoms with van der Waals surface area (Å²) in [5, 5.41) is 1.01. The Morgan fingerprint density at radius 3 is 3.11 bits per heavy atom. The minimum absolute atomic E-state index is 0.227. The summed E-state index contributed by atoms with van der Waals surface area (Å²) in [5.74, 6) is 0.947. The first kappa shape index (κ1) is 11.2. The van der Waals surface area contributed by atoms with E-state index in [0.29, 0.717) is 0 Å². The summed E-state index contributed by atoms with van der Waals surface area (Å²) >= 11 is 0. The zero-order valence-corrected chi connectivity index (χ0v) is 10.3. The fourth-order valence-electron chi connectivity index (χ4n) is 2.32. The van der Waals surface area contributed by atoms with Gasteiger partial charge in [-0.2, -0.15) is 0 Å². The first-order valence-corrected chi connectivity index (χ1v) is 6.11. The average molecular weight is 244 g/mol. The number of benzene rings is 1. The molecule has 18 heavy (non-hydrogen) atoms. The molecule has 0 spiro atoms. The number of hydrogen-bond acceptors (Lipinski definition) is 5. The van der Waals surface area contributed by atoms with Gasteiger partial charge in [-0.25, -0.2) is 9.97 Å². The van der Waals surface area contributed by atoms with Gasteiger partial charge in [0.05, 0.1) is 18.2 Å². The fourth-order valence-corrected chi connectivity index (χ4v) is 2.32. The summed E-state index contributed by atoms with van der Waals surface area (Å²) in [5.41, 5.74) is 7.51. The van der Waals surface area contributed by atoms with Crippen LogP contribution in [0.25, 0.3) is 10.9 Å². The van der Waals surface area contributed by atoms with Gasteiger partial charge in [-0.05, 0) is 25.1 Å². The number of ether oxygens (including phenoxy) is 1. The Bertz CT molecular complexity index is 572. The second kappa shape index (κ2) is 4.42. The number of morpholine rings is 1. The smallest absolute Gasteiger partial charge is 0.140 e. The largest absolute Gasteiger partial charge is 0.399 e. The molecule has 1 aromatic heterocycles. The van der Waals surface area contributed by atoms with Crippen LogP contribution >= 0.6 is 0 Å². The third kappa shape index (κ3) is 1.97. The summed E-state index contributed by atoms with van der Waals surface area (Å²) in [4.78, 5) is 10.9. The van der Waals surface area contributed by atoms with E-state index in [0.717, 1.165) is 42.1 Å². The molecule has 1 aliphatic rings. The second-order valence-electron chi connectivity index (χ2n) is 4.60. The van der Waals surface area contributed by atoms with Crippen molar-refractivity contribution in [2.45, 2.75) is 13.0 Å². The molecule has 1 saturated heterocycles. The van der Waals surface area contributed by atoms with Crippen molar-refractivity contribution in [3.8, 4) is 0 Å². The van der Waals surface area contributed by atoms with Crippen molar-refractivity contribution in [3.63, 3.8) is 0 Å². The molecular weight excluding hydrogens is 228 g/mol. The van der Waals surface area contributed by atoms with Crippen LogP contribution in [0, 0.1) is 0 Å². The van der Waals surface area contributed by atoms with Crippen molar-refractivity contribution in [2.24, 2.45) is 0 Å². The molecule has 2 aromatic rings. The van der Waals surface area contributed by atoms with Crippen molar-refractivity contribution in [1.29, 1.82) is 0 Å². The third-order valence-corrected chi connectivity index (χ3v) is 3.18. The first-order valence-electron chi connectivity index (χ1n) is 6.11. The number of anilines is 2. The highest BCUT2D eigenvalue weighted by Gasteiger charge is 2.19. The van der Waals surface area contributed by atoms with Crippen LogP contribution in [0.1, 0.15) is 6.92 Å². The SMILES string of the molecule is CC1CN(c2ncnc3ccc(N)cc23)CCO1. The summed E-state index contributed by atoms with van der Waals surface area (Å²) in [7, 11) is 0. The molecule has 5 heteroatoms. The zero-order valence-electron chi connectivity index (χ0n) is 10.3. The van der Waals surface area contributed by atoms with E-state index in [2.05, 4.69) is 21.8 Å². The quantitative estimate of drug-likeness (QED) is 0.769. The molecule has 2 heterocycles. The van der Waals surface area contributed by atoms with Crippen molar-refractivity contribution in [1.82, 2.24) is 9.97 Å². The van der Waals surface area contributed by atoms with E-state index in [1.165, 1.54) is 0 Å². The number of hydrogen-bond donors (Lipinski definition) is 1. The van der Waals surface area contributed by atoms with Crippen LogP contribution < -0.4 is 10.6 Å². The highest BCUT2D eigenvalue weighted by atomic mass is 16.5. The van der Waals surface area contributed by atoms with E-state index in [1.54, 1.807) is 6.33 Å². The molecule has 5 nitrogen and oxygen atoms in total. The number of fused-ring (bicyclic) bond motifs is 1. The van der Waals surface area contributed by atoms with Gasteiger partial charge < -0.3 is 15.4 Å². The zero-order chi connectivity index (χ0) is 12.5. The lowest BCUT2D eigenvalue weighted by molar-refractivity contribution is 0.0530. The van der Waals surface area contributed by atoms with Crippen molar-refractivity contribution in [2.75, 3.05) is 30.3 Å². The lowest BCUT2D eigenvalue weighted by atomic mass is 10.2. The molecule has 1 aromatic carbocycles. The maximum atomic E-state index is 5.85. The molecule has 0 radical (unpaired) electrons. The van der Waals surface area contributed by atoms with Gasteiger partial charge in [0.25, 0.3) is 0 Å². The summed E-state index contributed by atoms with van der Waals surface area (Å²) in [6, 6.07) is 5.73. The van der Waals surface area contributed by atoms with Crippen LogP contribution in [0.15, 0.2) is 24.5 Å².